The molecule has 0 unspecified atom stereocenters. The van der Waals surface area contributed by atoms with Gasteiger partial charge in [0.25, 0.3) is 0 Å². The highest BCUT2D eigenvalue weighted by atomic mass is 19.3. The maximum atomic E-state index is 13.3. The van der Waals surface area contributed by atoms with Crippen LogP contribution in [0.15, 0.2) is 48.7 Å². The number of nitrogens with zero attached hydrogens (tertiary/aromatic N) is 2. The Bertz CT molecular complexity index is 1310. The number of alkyl halides is 2. The summed E-state index contributed by atoms with van der Waals surface area (Å²) in [7, 11) is 0. The number of ether oxygens (including phenoxy) is 2. The van der Waals surface area contributed by atoms with Gasteiger partial charge in [-0.05, 0) is 49.6 Å². The molecule has 1 fully saturated rings. The fourth-order valence-electron chi connectivity index (χ4n) is 3.84. The Morgan fingerprint density at radius 3 is 2.61 bits per heavy atom. The normalized spacial score (nSPS) is 16.8. The van der Waals surface area contributed by atoms with Gasteiger partial charge in [-0.15, -0.1) is 8.78 Å². The van der Waals surface area contributed by atoms with Crippen LogP contribution >= 0.6 is 0 Å². The van der Waals surface area contributed by atoms with Crippen molar-refractivity contribution in [3.8, 4) is 22.8 Å². The fraction of sp³-hybridized carbons (Fsp3) is 0.217. The number of carbonyl (C=O) groups is 2. The number of aromatic carboxylic acids is 1. The highest BCUT2D eigenvalue weighted by molar-refractivity contribution is 6.01. The molecule has 2 aliphatic rings. The SMILES string of the molecule is Cc1ncc(NC(=O)C2(c3ccc4c(c3)OC(F)(F)O4)CC2)nc1-c1cccc(C(=O)O)c1.[HH]. The number of aryl methyl sites for hydroxylation is 1. The summed E-state index contributed by atoms with van der Waals surface area (Å²) in [6.45, 7) is 1.73. The summed E-state index contributed by atoms with van der Waals surface area (Å²) in [5, 5.41) is 12.0. The van der Waals surface area contributed by atoms with Crippen LogP contribution in [0, 0.1) is 6.92 Å². The van der Waals surface area contributed by atoms with Crippen LogP contribution in [0.5, 0.6) is 11.5 Å². The van der Waals surface area contributed by atoms with E-state index in [1.165, 1.54) is 30.5 Å². The number of hydrogen-bond donors (Lipinski definition) is 2. The van der Waals surface area contributed by atoms with Crippen molar-refractivity contribution in [3.05, 3.63) is 65.5 Å². The summed E-state index contributed by atoms with van der Waals surface area (Å²) in [5.41, 5.74) is 1.29. The molecule has 2 aromatic carbocycles. The number of amides is 1. The molecule has 0 spiro atoms. The van der Waals surface area contributed by atoms with Gasteiger partial charge < -0.3 is 19.9 Å². The number of anilines is 1. The Balaban J connectivity index is 0.00000274. The number of halogens is 2. The van der Waals surface area contributed by atoms with E-state index in [4.69, 9.17) is 0 Å². The van der Waals surface area contributed by atoms with Crippen molar-refractivity contribution in [2.24, 2.45) is 0 Å². The molecule has 2 heterocycles. The Kier molecular flexibility index (Phi) is 4.55. The van der Waals surface area contributed by atoms with E-state index in [-0.39, 0.29) is 30.2 Å². The number of carboxylic acid groups (broad SMARTS) is 1. The number of rotatable bonds is 5. The zero-order valence-electron chi connectivity index (χ0n) is 17.3. The number of carbonyl (C=O) groups excluding carboxylic acids is 1. The van der Waals surface area contributed by atoms with Crippen molar-refractivity contribution in [2.75, 3.05) is 5.32 Å². The zero-order chi connectivity index (χ0) is 23.4. The van der Waals surface area contributed by atoms with Crippen molar-refractivity contribution in [1.82, 2.24) is 9.97 Å². The minimum atomic E-state index is -3.73. The molecular formula is C23H19F2N3O5. The lowest BCUT2D eigenvalue weighted by Crippen LogP contribution is -2.28. The number of fused-ring (bicyclic) bond motifs is 1. The molecule has 1 amide bonds. The average molecular weight is 455 g/mol. The van der Waals surface area contributed by atoms with E-state index in [9.17, 15) is 23.5 Å². The van der Waals surface area contributed by atoms with Crippen LogP contribution in [0.2, 0.25) is 0 Å². The number of hydrogen-bond acceptors (Lipinski definition) is 6. The first kappa shape index (κ1) is 20.8. The van der Waals surface area contributed by atoms with Gasteiger partial charge in [-0.25, -0.2) is 9.78 Å². The van der Waals surface area contributed by atoms with Crippen molar-refractivity contribution in [2.45, 2.75) is 31.5 Å². The van der Waals surface area contributed by atoms with Gasteiger partial charge in [-0.3, -0.25) is 9.78 Å². The van der Waals surface area contributed by atoms with Crippen LogP contribution < -0.4 is 14.8 Å². The van der Waals surface area contributed by atoms with Crippen LogP contribution in [0.1, 0.15) is 35.9 Å². The predicted molar refractivity (Wildman–Crippen MR) is 113 cm³/mol. The summed E-state index contributed by atoms with van der Waals surface area (Å²) in [4.78, 5) is 33.2. The van der Waals surface area contributed by atoms with Gasteiger partial charge in [0.15, 0.2) is 17.3 Å². The molecule has 5 rings (SSSR count). The fourth-order valence-corrected chi connectivity index (χ4v) is 3.84. The molecule has 10 heteroatoms. The largest absolute Gasteiger partial charge is 0.586 e. The summed E-state index contributed by atoms with van der Waals surface area (Å²) in [6, 6.07) is 10.6. The third kappa shape index (κ3) is 3.73. The zero-order valence-corrected chi connectivity index (χ0v) is 17.3. The highest BCUT2D eigenvalue weighted by Crippen LogP contribution is 2.52. The Labute approximate surface area is 187 Å². The van der Waals surface area contributed by atoms with Gasteiger partial charge >= 0.3 is 12.3 Å². The van der Waals surface area contributed by atoms with Crippen molar-refractivity contribution in [1.29, 1.82) is 0 Å². The monoisotopic (exact) mass is 455 g/mol. The quantitative estimate of drug-likeness (QED) is 0.587. The summed E-state index contributed by atoms with van der Waals surface area (Å²) in [6.07, 6.45) is -1.26. The predicted octanol–water partition coefficient (Wildman–Crippen LogP) is 4.39. The highest BCUT2D eigenvalue weighted by Gasteiger charge is 2.53. The molecule has 0 bridgehead atoms. The molecule has 1 aliphatic carbocycles. The molecule has 0 radical (unpaired) electrons. The van der Waals surface area contributed by atoms with Crippen LogP contribution in [0.25, 0.3) is 11.3 Å². The minimum absolute atomic E-state index is 0. The maximum absolute atomic E-state index is 13.3. The van der Waals surface area contributed by atoms with E-state index in [0.717, 1.165) is 0 Å². The van der Waals surface area contributed by atoms with Gasteiger partial charge in [-0.1, -0.05) is 18.2 Å². The third-order valence-electron chi connectivity index (χ3n) is 5.72. The Hall–Kier alpha value is -4.08. The van der Waals surface area contributed by atoms with E-state index in [1.807, 2.05) is 0 Å². The molecule has 1 aliphatic heterocycles. The number of carboxylic acids is 1. The van der Waals surface area contributed by atoms with E-state index in [0.29, 0.717) is 35.4 Å². The van der Waals surface area contributed by atoms with E-state index in [2.05, 4.69) is 24.8 Å². The van der Waals surface area contributed by atoms with E-state index in [1.54, 1.807) is 25.1 Å². The smallest absolute Gasteiger partial charge is 0.478 e. The minimum Gasteiger partial charge on any atom is -0.478 e. The lowest BCUT2D eigenvalue weighted by atomic mass is 9.94. The third-order valence-corrected chi connectivity index (χ3v) is 5.72. The lowest BCUT2D eigenvalue weighted by molar-refractivity contribution is -0.286. The Morgan fingerprint density at radius 1 is 1.12 bits per heavy atom. The van der Waals surface area contributed by atoms with Gasteiger partial charge in [0.05, 0.1) is 28.6 Å². The second-order valence-electron chi connectivity index (χ2n) is 7.94. The van der Waals surface area contributed by atoms with Crippen LogP contribution in [0.4, 0.5) is 14.6 Å². The Morgan fingerprint density at radius 2 is 1.88 bits per heavy atom. The van der Waals surface area contributed by atoms with Crippen molar-refractivity contribution >= 4 is 17.7 Å². The molecule has 3 aromatic rings. The second kappa shape index (κ2) is 7.22. The molecule has 2 N–H and O–H groups in total. The topological polar surface area (TPSA) is 111 Å². The van der Waals surface area contributed by atoms with Crippen LogP contribution in [-0.4, -0.2) is 33.2 Å². The molecule has 170 valence electrons. The molecule has 33 heavy (non-hydrogen) atoms. The molecule has 8 nitrogen and oxygen atoms in total. The number of benzene rings is 2. The second-order valence-corrected chi connectivity index (χ2v) is 7.94. The van der Waals surface area contributed by atoms with Gasteiger partial charge in [0, 0.05) is 6.99 Å². The van der Waals surface area contributed by atoms with Gasteiger partial charge in [0.1, 0.15) is 0 Å². The van der Waals surface area contributed by atoms with Gasteiger partial charge in [-0.2, -0.15) is 0 Å². The number of aromatic nitrogens is 2. The first-order chi connectivity index (χ1) is 15.7. The summed E-state index contributed by atoms with van der Waals surface area (Å²) >= 11 is 0. The van der Waals surface area contributed by atoms with Crippen LogP contribution in [0.3, 0.4) is 0 Å². The van der Waals surface area contributed by atoms with E-state index < -0.39 is 17.7 Å². The molecule has 0 saturated heterocycles. The lowest BCUT2D eigenvalue weighted by Gasteiger charge is -2.16. The van der Waals surface area contributed by atoms with Crippen LogP contribution in [-0.2, 0) is 10.2 Å². The number of nitrogens with one attached hydrogen (secondary N) is 1. The standard InChI is InChI=1S/C23H17F2N3O5.H2/c1-12-19(13-3-2-4-14(9-13)20(29)30)27-18(11-26-12)28-21(31)22(7-8-22)15-5-6-16-17(10-15)33-23(24,25)32-16;/h2-6,9-11H,7-8H2,1H3,(H,29,30)(H,27,28,31);1H. The summed E-state index contributed by atoms with van der Waals surface area (Å²) in [5.74, 6) is -1.43. The molecule has 0 atom stereocenters. The average Bonchev–Trinajstić information content (AvgIpc) is 3.52. The first-order valence-corrected chi connectivity index (χ1v) is 10.1. The summed E-state index contributed by atoms with van der Waals surface area (Å²) < 4.78 is 35.6. The maximum Gasteiger partial charge on any atom is 0.586 e. The first-order valence-electron chi connectivity index (χ1n) is 10.1. The molecule has 1 saturated carbocycles. The van der Waals surface area contributed by atoms with Crippen molar-refractivity contribution in [3.63, 3.8) is 0 Å². The molecular weight excluding hydrogens is 436 g/mol. The van der Waals surface area contributed by atoms with E-state index >= 15 is 0 Å². The molecule has 1 aromatic heterocycles. The van der Waals surface area contributed by atoms with Crippen molar-refractivity contribution < 1.29 is 34.4 Å². The van der Waals surface area contributed by atoms with Gasteiger partial charge in [0.2, 0.25) is 5.91 Å².